The van der Waals surface area contributed by atoms with Crippen LogP contribution in [0.25, 0.3) is 0 Å². The van der Waals surface area contributed by atoms with Gasteiger partial charge >= 0.3 is 5.97 Å². The van der Waals surface area contributed by atoms with Crippen LogP contribution in [0.2, 0.25) is 0 Å². The highest BCUT2D eigenvalue weighted by molar-refractivity contribution is 7.90. The maximum atomic E-state index is 12.2. The third-order valence-electron chi connectivity index (χ3n) is 2.64. The number of carboxylic acid groups (broad SMARTS) is 1. The van der Waals surface area contributed by atoms with Crippen molar-refractivity contribution < 1.29 is 27.5 Å². The lowest BCUT2D eigenvalue weighted by Crippen LogP contribution is -2.05. The van der Waals surface area contributed by atoms with Crippen LogP contribution in [-0.4, -0.2) is 26.6 Å². The van der Waals surface area contributed by atoms with Crippen LogP contribution < -0.4 is 4.74 Å². The number of benzene rings is 1. The summed E-state index contributed by atoms with van der Waals surface area (Å²) in [5.41, 5.74) is 0.475. The van der Waals surface area contributed by atoms with Crippen LogP contribution in [-0.2, 0) is 15.6 Å². The van der Waals surface area contributed by atoms with Crippen molar-refractivity contribution in [1.29, 1.82) is 0 Å². The number of furan rings is 1. The number of carboxylic acids is 1. The zero-order valence-corrected chi connectivity index (χ0v) is 11.4. The van der Waals surface area contributed by atoms with E-state index in [9.17, 15) is 13.2 Å². The van der Waals surface area contributed by atoms with E-state index in [1.165, 1.54) is 7.11 Å². The summed E-state index contributed by atoms with van der Waals surface area (Å²) < 4.78 is 34.2. The third-order valence-corrected chi connectivity index (χ3v) is 4.16. The van der Waals surface area contributed by atoms with Crippen molar-refractivity contribution >= 4 is 15.8 Å². The first-order valence-electron chi connectivity index (χ1n) is 5.62. The van der Waals surface area contributed by atoms with E-state index < -0.39 is 21.6 Å². The smallest absolute Gasteiger partial charge is 0.371 e. The number of hydrogen-bond donors (Lipinski definition) is 1. The average molecular weight is 296 g/mol. The Kier molecular flexibility index (Phi) is 3.80. The van der Waals surface area contributed by atoms with Gasteiger partial charge in [-0.15, -0.1) is 0 Å². The Morgan fingerprint density at radius 1 is 1.25 bits per heavy atom. The number of hydrogen-bond acceptors (Lipinski definition) is 5. The van der Waals surface area contributed by atoms with Crippen molar-refractivity contribution in [2.45, 2.75) is 10.8 Å². The zero-order valence-electron chi connectivity index (χ0n) is 10.6. The molecule has 1 aromatic heterocycles. The number of para-hydroxylation sites is 1. The minimum atomic E-state index is -3.77. The largest absolute Gasteiger partial charge is 0.496 e. The normalized spacial score (nSPS) is 11.2. The Balaban J connectivity index is 2.33. The molecule has 0 bridgehead atoms. The van der Waals surface area contributed by atoms with E-state index in [4.69, 9.17) is 14.3 Å². The van der Waals surface area contributed by atoms with Crippen molar-refractivity contribution in [3.8, 4) is 5.75 Å². The van der Waals surface area contributed by atoms with Crippen LogP contribution >= 0.6 is 0 Å². The molecular formula is C13H12O6S. The van der Waals surface area contributed by atoms with Crippen molar-refractivity contribution in [1.82, 2.24) is 0 Å². The standard InChI is InChI=1S/C13H12O6S/c1-18-10-5-3-2-4-9(10)8-20(16,17)12-7-6-11(19-12)13(14)15/h2-7H,8H2,1H3,(H,14,15). The topological polar surface area (TPSA) is 93.8 Å². The highest BCUT2D eigenvalue weighted by Gasteiger charge is 2.23. The van der Waals surface area contributed by atoms with E-state index in [2.05, 4.69) is 0 Å². The molecule has 0 amide bonds. The second-order valence-corrected chi connectivity index (χ2v) is 5.92. The Labute approximate surface area is 115 Å². The number of methoxy groups -OCH3 is 1. The van der Waals surface area contributed by atoms with E-state index in [1.807, 2.05) is 0 Å². The second-order valence-electron chi connectivity index (χ2n) is 3.99. The van der Waals surface area contributed by atoms with Crippen molar-refractivity contribution in [3.05, 3.63) is 47.7 Å². The first-order valence-corrected chi connectivity index (χ1v) is 7.27. The molecule has 2 aromatic rings. The number of ether oxygens (including phenoxy) is 1. The molecule has 0 saturated carbocycles. The molecule has 1 N–H and O–H groups in total. The minimum Gasteiger partial charge on any atom is -0.496 e. The van der Waals surface area contributed by atoms with E-state index in [0.717, 1.165) is 12.1 Å². The Hall–Kier alpha value is -2.28. The van der Waals surface area contributed by atoms with Crippen LogP contribution in [0, 0.1) is 0 Å². The van der Waals surface area contributed by atoms with Crippen LogP contribution in [0.15, 0.2) is 45.9 Å². The first-order chi connectivity index (χ1) is 9.44. The fraction of sp³-hybridized carbons (Fsp3) is 0.154. The number of sulfone groups is 1. The molecule has 0 unspecified atom stereocenters. The van der Waals surface area contributed by atoms with Crippen molar-refractivity contribution in [3.63, 3.8) is 0 Å². The SMILES string of the molecule is COc1ccccc1CS(=O)(=O)c1ccc(C(=O)O)o1. The number of carbonyl (C=O) groups is 1. The van der Waals surface area contributed by atoms with Gasteiger partial charge in [0.15, 0.2) is 0 Å². The highest BCUT2D eigenvalue weighted by atomic mass is 32.2. The molecular weight excluding hydrogens is 284 g/mol. The Morgan fingerprint density at radius 3 is 2.55 bits per heavy atom. The summed E-state index contributed by atoms with van der Waals surface area (Å²) >= 11 is 0. The number of rotatable bonds is 5. The van der Waals surface area contributed by atoms with Crippen LogP contribution in [0.1, 0.15) is 16.1 Å². The van der Waals surface area contributed by atoms with Gasteiger partial charge < -0.3 is 14.3 Å². The molecule has 106 valence electrons. The molecule has 1 aromatic carbocycles. The fourth-order valence-corrected chi connectivity index (χ4v) is 2.98. The van der Waals surface area contributed by atoms with Gasteiger partial charge in [0, 0.05) is 5.56 Å². The number of aromatic carboxylic acids is 1. The van der Waals surface area contributed by atoms with Gasteiger partial charge in [0.2, 0.25) is 20.7 Å². The Bertz CT molecular complexity index is 729. The van der Waals surface area contributed by atoms with E-state index in [0.29, 0.717) is 11.3 Å². The van der Waals surface area contributed by atoms with Gasteiger partial charge in [-0.1, -0.05) is 18.2 Å². The molecule has 6 nitrogen and oxygen atoms in total. The summed E-state index contributed by atoms with van der Waals surface area (Å²) in [6.07, 6.45) is 0. The van der Waals surface area contributed by atoms with Gasteiger partial charge in [0.1, 0.15) is 5.75 Å². The summed E-state index contributed by atoms with van der Waals surface area (Å²) in [4.78, 5) is 10.7. The van der Waals surface area contributed by atoms with Gasteiger partial charge in [-0.3, -0.25) is 0 Å². The molecule has 1 heterocycles. The molecule has 0 fully saturated rings. The summed E-state index contributed by atoms with van der Waals surface area (Å²) in [6.45, 7) is 0. The average Bonchev–Trinajstić information content (AvgIpc) is 2.89. The van der Waals surface area contributed by atoms with Gasteiger partial charge in [0.05, 0.1) is 12.9 Å². The van der Waals surface area contributed by atoms with Crippen LogP contribution in [0.5, 0.6) is 5.75 Å². The second kappa shape index (κ2) is 5.38. The van der Waals surface area contributed by atoms with E-state index >= 15 is 0 Å². The molecule has 20 heavy (non-hydrogen) atoms. The van der Waals surface area contributed by atoms with Gasteiger partial charge in [-0.05, 0) is 18.2 Å². The Morgan fingerprint density at radius 2 is 1.95 bits per heavy atom. The molecule has 7 heteroatoms. The van der Waals surface area contributed by atoms with Crippen molar-refractivity contribution in [2.24, 2.45) is 0 Å². The van der Waals surface area contributed by atoms with Gasteiger partial charge in [0.25, 0.3) is 0 Å². The van der Waals surface area contributed by atoms with Gasteiger partial charge in [-0.25, -0.2) is 13.2 Å². The minimum absolute atomic E-state index is 0.330. The predicted octanol–water partition coefficient (Wildman–Crippen LogP) is 1.96. The van der Waals surface area contributed by atoms with Crippen LogP contribution in [0.4, 0.5) is 0 Å². The lowest BCUT2D eigenvalue weighted by Gasteiger charge is -2.07. The summed E-state index contributed by atoms with van der Waals surface area (Å²) in [5, 5.41) is 8.35. The fourth-order valence-electron chi connectivity index (χ4n) is 1.70. The molecule has 0 saturated heterocycles. The molecule has 0 aliphatic rings. The summed E-state index contributed by atoms with van der Waals surface area (Å²) in [5.74, 6) is -1.61. The lowest BCUT2D eigenvalue weighted by atomic mass is 10.2. The van der Waals surface area contributed by atoms with Crippen molar-refractivity contribution in [2.75, 3.05) is 7.11 Å². The maximum absolute atomic E-state index is 12.2. The summed E-state index contributed by atoms with van der Waals surface area (Å²) in [6, 6.07) is 8.93. The molecule has 0 aliphatic carbocycles. The lowest BCUT2D eigenvalue weighted by molar-refractivity contribution is 0.0656. The van der Waals surface area contributed by atoms with Crippen LogP contribution in [0.3, 0.4) is 0 Å². The molecule has 0 aliphatic heterocycles. The molecule has 0 spiro atoms. The summed E-state index contributed by atoms with van der Waals surface area (Å²) in [7, 11) is -2.32. The van der Waals surface area contributed by atoms with Gasteiger partial charge in [-0.2, -0.15) is 0 Å². The van der Waals surface area contributed by atoms with E-state index in [-0.39, 0.29) is 10.8 Å². The highest BCUT2D eigenvalue weighted by Crippen LogP contribution is 2.24. The molecule has 2 rings (SSSR count). The maximum Gasteiger partial charge on any atom is 0.371 e. The zero-order chi connectivity index (χ0) is 14.8. The predicted molar refractivity (Wildman–Crippen MR) is 69.6 cm³/mol. The third kappa shape index (κ3) is 2.83. The molecule has 0 radical (unpaired) electrons. The monoisotopic (exact) mass is 296 g/mol. The first kappa shape index (κ1) is 14.1. The molecule has 0 atom stereocenters. The van der Waals surface area contributed by atoms with E-state index in [1.54, 1.807) is 24.3 Å². The quantitative estimate of drug-likeness (QED) is 0.906.